The fourth-order valence-corrected chi connectivity index (χ4v) is 2.89. The molecule has 1 atom stereocenters. The lowest BCUT2D eigenvalue weighted by Crippen LogP contribution is -2.30. The number of aliphatic carboxylic acids is 1. The first-order valence-corrected chi connectivity index (χ1v) is 8.56. The summed E-state index contributed by atoms with van der Waals surface area (Å²) in [5, 5.41) is 10.9. The number of ether oxygens (including phenoxy) is 3. The highest BCUT2D eigenvalue weighted by atomic mass is 16.5. The number of carbonyl (C=O) groups is 2. The van der Waals surface area contributed by atoms with Crippen LogP contribution in [0.2, 0.25) is 0 Å². The minimum absolute atomic E-state index is 0.205. The summed E-state index contributed by atoms with van der Waals surface area (Å²) in [5.74, 6) is -1.56. The van der Waals surface area contributed by atoms with E-state index < -0.39 is 24.3 Å². The number of esters is 1. The fourth-order valence-electron chi connectivity index (χ4n) is 2.89. The number of aryl methyl sites for hydroxylation is 1. The van der Waals surface area contributed by atoms with Gasteiger partial charge in [0.05, 0.1) is 20.1 Å². The van der Waals surface area contributed by atoms with E-state index >= 15 is 0 Å². The van der Waals surface area contributed by atoms with Gasteiger partial charge in [0, 0.05) is 12.4 Å². The lowest BCUT2D eigenvalue weighted by molar-refractivity contribution is -0.306. The van der Waals surface area contributed by atoms with Crippen molar-refractivity contribution >= 4 is 11.9 Å². The highest BCUT2D eigenvalue weighted by molar-refractivity contribution is 5.78. The average Bonchev–Trinajstić information content (AvgIpc) is 2.66. The standard InChI is InChI=1S/C21H24O6/c1-14-9-16(10-17(12-19(22)23)21(24)26-3)11-18(25-2)20(14)27-13-15-7-5-4-6-8-15/h4-9,11,17H,10,12-13H2,1-3H3,(H,22,23)/p-1/t17-/m0/s1. The van der Waals surface area contributed by atoms with Gasteiger partial charge in [-0.1, -0.05) is 36.4 Å². The molecular weight excluding hydrogens is 348 g/mol. The second-order valence-electron chi connectivity index (χ2n) is 6.22. The van der Waals surface area contributed by atoms with Gasteiger partial charge in [0.25, 0.3) is 0 Å². The summed E-state index contributed by atoms with van der Waals surface area (Å²) in [4.78, 5) is 22.8. The number of hydrogen-bond acceptors (Lipinski definition) is 6. The maximum Gasteiger partial charge on any atom is 0.309 e. The minimum atomic E-state index is -1.29. The van der Waals surface area contributed by atoms with Gasteiger partial charge < -0.3 is 24.1 Å². The molecule has 0 spiro atoms. The zero-order valence-electron chi connectivity index (χ0n) is 15.7. The van der Waals surface area contributed by atoms with Crippen molar-refractivity contribution in [3.05, 3.63) is 59.2 Å². The summed E-state index contributed by atoms with van der Waals surface area (Å²) in [6.45, 7) is 2.27. The normalized spacial score (nSPS) is 11.5. The lowest BCUT2D eigenvalue weighted by Gasteiger charge is -2.18. The molecule has 27 heavy (non-hydrogen) atoms. The number of rotatable bonds is 9. The number of benzene rings is 2. The predicted molar refractivity (Wildman–Crippen MR) is 97.3 cm³/mol. The van der Waals surface area contributed by atoms with Gasteiger partial charge in [-0.15, -0.1) is 0 Å². The molecule has 0 aliphatic heterocycles. The van der Waals surface area contributed by atoms with E-state index in [2.05, 4.69) is 0 Å². The Kier molecular flexibility index (Phi) is 7.23. The van der Waals surface area contributed by atoms with Crippen molar-refractivity contribution in [1.29, 1.82) is 0 Å². The Bertz CT molecular complexity index is 785. The van der Waals surface area contributed by atoms with Crippen molar-refractivity contribution in [2.45, 2.75) is 26.4 Å². The first kappa shape index (κ1) is 20.3. The number of carbonyl (C=O) groups excluding carboxylic acids is 2. The molecule has 2 aromatic carbocycles. The molecule has 2 aromatic rings. The van der Waals surface area contributed by atoms with Crippen molar-refractivity contribution in [3.8, 4) is 11.5 Å². The molecular formula is C21H23O6-. The molecule has 0 amide bonds. The number of hydrogen-bond donors (Lipinski definition) is 0. The number of methoxy groups -OCH3 is 2. The molecule has 0 heterocycles. The first-order chi connectivity index (χ1) is 12.9. The van der Waals surface area contributed by atoms with E-state index in [0.717, 1.165) is 16.7 Å². The van der Waals surface area contributed by atoms with Crippen molar-refractivity contribution in [2.24, 2.45) is 5.92 Å². The Morgan fingerprint density at radius 2 is 1.78 bits per heavy atom. The van der Waals surface area contributed by atoms with Crippen molar-refractivity contribution in [3.63, 3.8) is 0 Å². The molecule has 0 bridgehead atoms. The fraction of sp³-hybridized carbons (Fsp3) is 0.333. The van der Waals surface area contributed by atoms with Crippen molar-refractivity contribution < 1.29 is 28.9 Å². The maximum atomic E-state index is 11.8. The summed E-state index contributed by atoms with van der Waals surface area (Å²) in [5.41, 5.74) is 2.62. The quantitative estimate of drug-likeness (QED) is 0.627. The van der Waals surface area contributed by atoms with Crippen LogP contribution in [0.3, 0.4) is 0 Å². The van der Waals surface area contributed by atoms with Crippen LogP contribution in [-0.2, 0) is 27.4 Å². The molecule has 6 nitrogen and oxygen atoms in total. The van der Waals surface area contributed by atoms with E-state index in [4.69, 9.17) is 14.2 Å². The molecule has 0 aromatic heterocycles. The monoisotopic (exact) mass is 371 g/mol. The van der Waals surface area contributed by atoms with Gasteiger partial charge in [-0.05, 0) is 36.1 Å². The molecule has 0 aliphatic carbocycles. The van der Waals surface area contributed by atoms with Crippen molar-refractivity contribution in [2.75, 3.05) is 14.2 Å². The minimum Gasteiger partial charge on any atom is -0.550 e. The summed E-state index contributed by atoms with van der Waals surface area (Å²) in [6.07, 6.45) is -0.197. The molecule has 0 saturated carbocycles. The van der Waals surface area contributed by atoms with Crippen LogP contribution in [0.4, 0.5) is 0 Å². The maximum absolute atomic E-state index is 11.8. The van der Waals surface area contributed by atoms with Gasteiger partial charge >= 0.3 is 5.97 Å². The molecule has 0 radical (unpaired) electrons. The lowest BCUT2D eigenvalue weighted by atomic mass is 9.95. The van der Waals surface area contributed by atoms with Crippen LogP contribution < -0.4 is 14.6 Å². The summed E-state index contributed by atoms with van der Waals surface area (Å²) in [6, 6.07) is 13.4. The molecule has 0 unspecified atom stereocenters. The topological polar surface area (TPSA) is 84.9 Å². The van der Waals surface area contributed by atoms with Gasteiger partial charge in [0.2, 0.25) is 0 Å². The van der Waals surface area contributed by atoms with Crippen LogP contribution in [0.5, 0.6) is 11.5 Å². The Hall–Kier alpha value is -3.02. The third kappa shape index (κ3) is 5.74. The third-order valence-corrected chi connectivity index (χ3v) is 4.18. The summed E-state index contributed by atoms with van der Waals surface area (Å²) >= 11 is 0. The van der Waals surface area contributed by atoms with Crippen molar-refractivity contribution in [1.82, 2.24) is 0 Å². The molecule has 2 rings (SSSR count). The molecule has 0 aliphatic rings. The molecule has 0 N–H and O–H groups in total. The second kappa shape index (κ2) is 9.62. The first-order valence-electron chi connectivity index (χ1n) is 8.56. The van der Waals surface area contributed by atoms with E-state index in [1.54, 1.807) is 6.07 Å². The van der Waals surface area contributed by atoms with Gasteiger partial charge in [-0.3, -0.25) is 4.79 Å². The van der Waals surface area contributed by atoms with Gasteiger partial charge in [-0.2, -0.15) is 0 Å². The van der Waals surface area contributed by atoms with Crippen LogP contribution in [0.15, 0.2) is 42.5 Å². The molecule has 0 saturated heterocycles. The average molecular weight is 371 g/mol. The summed E-state index contributed by atoms with van der Waals surface area (Å²) < 4.78 is 16.0. The number of carboxylic acids is 1. The van der Waals surface area contributed by atoms with Gasteiger partial charge in [0.15, 0.2) is 11.5 Å². The van der Waals surface area contributed by atoms with Crippen LogP contribution in [-0.4, -0.2) is 26.2 Å². The largest absolute Gasteiger partial charge is 0.550 e. The third-order valence-electron chi connectivity index (χ3n) is 4.18. The van der Waals surface area contributed by atoms with Crippen LogP contribution in [0.1, 0.15) is 23.1 Å². The van der Waals surface area contributed by atoms with Gasteiger partial charge in [-0.25, -0.2) is 0 Å². The Morgan fingerprint density at radius 1 is 1.07 bits per heavy atom. The van der Waals surface area contributed by atoms with E-state index in [1.807, 2.05) is 43.3 Å². The van der Waals surface area contributed by atoms with E-state index in [1.165, 1.54) is 14.2 Å². The Morgan fingerprint density at radius 3 is 2.37 bits per heavy atom. The zero-order chi connectivity index (χ0) is 19.8. The molecule has 6 heteroatoms. The molecule has 144 valence electrons. The molecule has 0 fully saturated rings. The number of carboxylic acid groups (broad SMARTS) is 1. The second-order valence-corrected chi connectivity index (χ2v) is 6.22. The van der Waals surface area contributed by atoms with Crippen LogP contribution in [0, 0.1) is 12.8 Å². The highest BCUT2D eigenvalue weighted by Gasteiger charge is 2.21. The van der Waals surface area contributed by atoms with Crippen LogP contribution >= 0.6 is 0 Å². The zero-order valence-corrected chi connectivity index (χ0v) is 15.7. The predicted octanol–water partition coefficient (Wildman–Crippen LogP) is 2.05. The van der Waals surface area contributed by atoms with E-state index in [-0.39, 0.29) is 6.42 Å². The Balaban J connectivity index is 2.20. The van der Waals surface area contributed by atoms with Crippen LogP contribution in [0.25, 0.3) is 0 Å². The SMILES string of the molecule is COC(=O)[C@H](CC(=O)[O-])Cc1cc(C)c(OCc2ccccc2)c(OC)c1. The summed E-state index contributed by atoms with van der Waals surface area (Å²) in [7, 11) is 2.77. The highest BCUT2D eigenvalue weighted by Crippen LogP contribution is 2.34. The van der Waals surface area contributed by atoms with E-state index in [9.17, 15) is 14.7 Å². The Labute approximate surface area is 158 Å². The van der Waals surface area contributed by atoms with E-state index in [0.29, 0.717) is 18.1 Å². The smallest absolute Gasteiger partial charge is 0.309 e. The van der Waals surface area contributed by atoms with Gasteiger partial charge in [0.1, 0.15) is 6.61 Å².